The fourth-order valence-electron chi connectivity index (χ4n) is 4.54. The number of benzene rings is 3. The molecule has 0 amide bonds. The van der Waals surface area contributed by atoms with Crippen molar-refractivity contribution >= 4 is 27.8 Å². The molecule has 134 valence electrons. The first-order valence-electron chi connectivity index (χ1n) is 9.31. The molecule has 1 unspecified atom stereocenters. The van der Waals surface area contributed by atoms with Crippen molar-refractivity contribution in [1.29, 1.82) is 0 Å². The maximum Gasteiger partial charge on any atom is 0.131 e. The smallest absolute Gasteiger partial charge is 0.131 e. The van der Waals surface area contributed by atoms with Crippen LogP contribution in [-0.2, 0) is 11.2 Å². The van der Waals surface area contributed by atoms with E-state index in [0.717, 1.165) is 41.4 Å². The second-order valence-electron chi connectivity index (χ2n) is 7.02. The monoisotopic (exact) mass is 348 g/mol. The van der Waals surface area contributed by atoms with Crippen LogP contribution >= 0.6 is 0 Å². The average Bonchev–Trinajstić information content (AvgIpc) is 2.70. The number of methoxy groups -OCH3 is 2. The van der Waals surface area contributed by atoms with Gasteiger partial charge in [0.25, 0.3) is 0 Å². The molecule has 3 nitrogen and oxygen atoms in total. The van der Waals surface area contributed by atoms with Crippen LogP contribution in [0.5, 0.6) is 11.5 Å². The van der Waals surface area contributed by atoms with E-state index in [2.05, 4.69) is 24.3 Å². The first kappa shape index (κ1) is 16.9. The van der Waals surface area contributed by atoms with Crippen LogP contribution in [0.1, 0.15) is 42.7 Å². The summed E-state index contributed by atoms with van der Waals surface area (Å²) in [6.45, 7) is 0. The lowest BCUT2D eigenvalue weighted by molar-refractivity contribution is -0.108. The van der Waals surface area contributed by atoms with Crippen molar-refractivity contribution < 1.29 is 14.3 Å². The number of aryl methyl sites for hydroxylation is 1. The van der Waals surface area contributed by atoms with E-state index in [4.69, 9.17) is 9.47 Å². The Hall–Kier alpha value is -2.55. The van der Waals surface area contributed by atoms with Gasteiger partial charge in [0.2, 0.25) is 0 Å². The summed E-state index contributed by atoms with van der Waals surface area (Å²) < 4.78 is 11.3. The molecule has 3 aromatic rings. The van der Waals surface area contributed by atoms with Gasteiger partial charge in [-0.3, -0.25) is 0 Å². The van der Waals surface area contributed by atoms with Gasteiger partial charge in [0.1, 0.15) is 17.8 Å². The highest BCUT2D eigenvalue weighted by Gasteiger charge is 2.23. The summed E-state index contributed by atoms with van der Waals surface area (Å²) in [5.41, 5.74) is 2.84. The molecule has 0 spiro atoms. The predicted octanol–water partition coefficient (Wildman–Crippen LogP) is 5.41. The lowest BCUT2D eigenvalue weighted by Gasteiger charge is -2.27. The zero-order valence-corrected chi connectivity index (χ0v) is 15.4. The summed E-state index contributed by atoms with van der Waals surface area (Å²) in [5, 5.41) is 4.71. The molecule has 26 heavy (non-hydrogen) atoms. The van der Waals surface area contributed by atoms with Crippen molar-refractivity contribution in [3.63, 3.8) is 0 Å². The first-order valence-corrected chi connectivity index (χ1v) is 9.31. The van der Waals surface area contributed by atoms with Gasteiger partial charge >= 0.3 is 0 Å². The second kappa shape index (κ2) is 6.99. The quantitative estimate of drug-likeness (QED) is 0.457. The molecule has 3 heteroatoms. The minimum absolute atomic E-state index is 0.486. The predicted molar refractivity (Wildman–Crippen MR) is 106 cm³/mol. The zero-order chi connectivity index (χ0) is 18.1. The van der Waals surface area contributed by atoms with Gasteiger partial charge in [-0.2, -0.15) is 0 Å². The van der Waals surface area contributed by atoms with Crippen molar-refractivity contribution in [1.82, 2.24) is 0 Å². The van der Waals surface area contributed by atoms with E-state index < -0.39 is 0 Å². The molecular formula is C23H24O3. The van der Waals surface area contributed by atoms with E-state index in [1.165, 1.54) is 34.7 Å². The molecule has 0 aromatic heterocycles. The molecule has 0 fully saturated rings. The molecule has 1 aliphatic rings. The molecule has 0 aliphatic heterocycles. The summed E-state index contributed by atoms with van der Waals surface area (Å²) >= 11 is 0. The fraction of sp³-hybridized carbons (Fsp3) is 0.348. The number of rotatable bonds is 5. The van der Waals surface area contributed by atoms with Crippen molar-refractivity contribution in [2.24, 2.45) is 0 Å². The number of carbonyl (C=O) groups excluding carboxylic acids is 1. The zero-order valence-electron chi connectivity index (χ0n) is 15.4. The molecule has 0 heterocycles. The van der Waals surface area contributed by atoms with Gasteiger partial charge in [-0.05, 0) is 71.0 Å². The Labute approximate surface area is 153 Å². The van der Waals surface area contributed by atoms with Gasteiger partial charge in [0, 0.05) is 6.42 Å². The fourth-order valence-corrected chi connectivity index (χ4v) is 4.54. The minimum Gasteiger partial charge on any atom is -0.496 e. The van der Waals surface area contributed by atoms with Crippen LogP contribution in [0, 0.1) is 0 Å². The Kier molecular flexibility index (Phi) is 4.54. The van der Waals surface area contributed by atoms with Crippen molar-refractivity contribution in [2.75, 3.05) is 14.2 Å². The number of ether oxygens (including phenoxy) is 2. The van der Waals surface area contributed by atoms with Crippen LogP contribution in [0.25, 0.3) is 21.5 Å². The minimum atomic E-state index is 0.486. The van der Waals surface area contributed by atoms with Gasteiger partial charge in [-0.15, -0.1) is 0 Å². The molecule has 0 N–H and O–H groups in total. The van der Waals surface area contributed by atoms with E-state index in [0.29, 0.717) is 12.3 Å². The largest absolute Gasteiger partial charge is 0.496 e. The Bertz CT molecular complexity index is 974. The van der Waals surface area contributed by atoms with Crippen molar-refractivity contribution in [2.45, 2.75) is 38.0 Å². The number of fused-ring (bicyclic) bond motifs is 5. The van der Waals surface area contributed by atoms with Crippen LogP contribution in [0.4, 0.5) is 0 Å². The highest BCUT2D eigenvalue weighted by Crippen LogP contribution is 2.44. The number of hydrogen-bond donors (Lipinski definition) is 0. The van der Waals surface area contributed by atoms with E-state index in [9.17, 15) is 4.79 Å². The second-order valence-corrected chi connectivity index (χ2v) is 7.02. The number of carbonyl (C=O) groups is 1. The third kappa shape index (κ3) is 2.63. The molecule has 1 atom stereocenters. The summed E-state index contributed by atoms with van der Waals surface area (Å²) in [6, 6.07) is 12.8. The average molecular weight is 348 g/mol. The third-order valence-electron chi connectivity index (χ3n) is 5.72. The van der Waals surface area contributed by atoms with E-state index in [-0.39, 0.29) is 0 Å². The molecule has 3 aromatic carbocycles. The van der Waals surface area contributed by atoms with E-state index >= 15 is 0 Å². The van der Waals surface area contributed by atoms with Gasteiger partial charge in [-0.25, -0.2) is 0 Å². The Morgan fingerprint density at radius 3 is 2.65 bits per heavy atom. The lowest BCUT2D eigenvalue weighted by atomic mass is 9.78. The Morgan fingerprint density at radius 1 is 1.04 bits per heavy atom. The van der Waals surface area contributed by atoms with Crippen LogP contribution in [-0.4, -0.2) is 20.5 Å². The number of aldehydes is 1. The van der Waals surface area contributed by atoms with E-state index in [1.807, 2.05) is 12.1 Å². The van der Waals surface area contributed by atoms with Crippen molar-refractivity contribution in [3.05, 3.63) is 47.5 Å². The highest BCUT2D eigenvalue weighted by atomic mass is 16.5. The SMILES string of the molecule is COc1cccc2c1c(OC)cc1c3c(ccc12)C(CCC=O)CCC3. The standard InChI is InChI=1S/C23H24O3/c1-25-21-10-4-9-19-18-12-11-16-15(7-5-13-24)6-3-8-17(16)20(18)14-22(26-2)23(19)21/h4,9-15H,3,5-8H2,1-2H3. The van der Waals surface area contributed by atoms with Gasteiger partial charge < -0.3 is 14.3 Å². The van der Waals surface area contributed by atoms with Gasteiger partial charge in [0.05, 0.1) is 19.6 Å². The number of hydrogen-bond acceptors (Lipinski definition) is 3. The Balaban J connectivity index is 2.00. The topological polar surface area (TPSA) is 35.5 Å². The van der Waals surface area contributed by atoms with Crippen LogP contribution in [0.15, 0.2) is 36.4 Å². The maximum absolute atomic E-state index is 10.8. The summed E-state index contributed by atoms with van der Waals surface area (Å²) in [7, 11) is 3.41. The molecule has 0 bridgehead atoms. The van der Waals surface area contributed by atoms with Crippen LogP contribution < -0.4 is 9.47 Å². The summed E-state index contributed by atoms with van der Waals surface area (Å²) in [5.74, 6) is 2.18. The maximum atomic E-state index is 10.8. The van der Waals surface area contributed by atoms with Gasteiger partial charge in [0.15, 0.2) is 0 Å². The van der Waals surface area contributed by atoms with Crippen LogP contribution in [0.2, 0.25) is 0 Å². The molecular weight excluding hydrogens is 324 g/mol. The van der Waals surface area contributed by atoms with Crippen LogP contribution in [0.3, 0.4) is 0 Å². The first-order chi connectivity index (χ1) is 12.8. The normalized spacial score (nSPS) is 16.5. The third-order valence-corrected chi connectivity index (χ3v) is 5.72. The Morgan fingerprint density at radius 2 is 1.88 bits per heavy atom. The molecule has 1 aliphatic carbocycles. The highest BCUT2D eigenvalue weighted by molar-refractivity contribution is 6.13. The van der Waals surface area contributed by atoms with E-state index in [1.54, 1.807) is 14.2 Å². The van der Waals surface area contributed by atoms with Crippen molar-refractivity contribution in [3.8, 4) is 11.5 Å². The summed E-state index contributed by atoms with van der Waals surface area (Å²) in [4.78, 5) is 10.8. The molecule has 0 radical (unpaired) electrons. The molecule has 0 saturated heterocycles. The lowest BCUT2D eigenvalue weighted by Crippen LogP contribution is -2.10. The molecule has 4 rings (SSSR count). The van der Waals surface area contributed by atoms with Gasteiger partial charge in [-0.1, -0.05) is 24.3 Å². The summed E-state index contributed by atoms with van der Waals surface area (Å²) in [6.07, 6.45) is 6.06. The molecule has 0 saturated carbocycles.